The Kier molecular flexibility index (Phi) is 8.85. The molecule has 3 rings (SSSR count). The number of anilines is 1. The largest absolute Gasteiger partial charge is 0.444 e. The van der Waals surface area contributed by atoms with Gasteiger partial charge in [0.05, 0.1) is 0 Å². The maximum atomic E-state index is 13.7. The number of hydrogen-bond donors (Lipinski definition) is 3. The Morgan fingerprint density at radius 1 is 1.03 bits per heavy atom. The number of amides is 3. The molecule has 8 heteroatoms. The number of thiol groups is 1. The van der Waals surface area contributed by atoms with Gasteiger partial charge in [-0.05, 0) is 61.7 Å². The summed E-state index contributed by atoms with van der Waals surface area (Å²) >= 11 is 4.23. The summed E-state index contributed by atoms with van der Waals surface area (Å²) in [7, 11) is 0. The fraction of sp³-hybridized carbons (Fsp3) is 0.276. The number of aryl methyl sites for hydroxylation is 1. The summed E-state index contributed by atoms with van der Waals surface area (Å²) in [6.07, 6.45) is 5.01. The molecule has 2 atom stereocenters. The third-order valence-electron chi connectivity index (χ3n) is 5.55. The van der Waals surface area contributed by atoms with E-state index >= 15 is 0 Å². The Hall–Kier alpha value is -3.96. The Balaban J connectivity index is 1.94. The normalized spacial score (nSPS) is 12.6. The van der Waals surface area contributed by atoms with E-state index in [9.17, 15) is 14.4 Å². The summed E-state index contributed by atoms with van der Waals surface area (Å²) in [4.78, 5) is 40.6. The highest BCUT2D eigenvalue weighted by atomic mass is 32.1. The molecular formula is C29H31N3O4S. The molecular weight excluding hydrogens is 486 g/mol. The van der Waals surface area contributed by atoms with Crippen LogP contribution in [0, 0.1) is 19.4 Å². The van der Waals surface area contributed by atoms with Crippen LogP contribution in [0.3, 0.4) is 0 Å². The second-order valence-electron chi connectivity index (χ2n) is 9.53. The van der Waals surface area contributed by atoms with E-state index in [2.05, 4.69) is 29.3 Å². The van der Waals surface area contributed by atoms with Gasteiger partial charge in [-0.15, -0.1) is 0 Å². The lowest BCUT2D eigenvalue weighted by atomic mass is 9.98. The van der Waals surface area contributed by atoms with Crippen molar-refractivity contribution in [2.24, 2.45) is 0 Å². The van der Waals surface area contributed by atoms with Crippen molar-refractivity contribution in [3.63, 3.8) is 0 Å². The molecule has 0 aliphatic carbocycles. The van der Waals surface area contributed by atoms with Crippen molar-refractivity contribution < 1.29 is 19.1 Å². The maximum Gasteiger partial charge on any atom is 0.408 e. The Morgan fingerprint density at radius 2 is 1.68 bits per heavy atom. The minimum Gasteiger partial charge on any atom is -0.444 e. The van der Waals surface area contributed by atoms with Crippen LogP contribution in [0.2, 0.25) is 0 Å². The summed E-state index contributed by atoms with van der Waals surface area (Å²) in [6, 6.07) is 20.6. The summed E-state index contributed by atoms with van der Waals surface area (Å²) in [5.41, 5.74) is 1.13. The van der Waals surface area contributed by atoms with Gasteiger partial charge in [0.15, 0.2) is 0 Å². The van der Waals surface area contributed by atoms with E-state index in [1.54, 1.807) is 39.0 Å². The zero-order chi connectivity index (χ0) is 27.2. The number of nitrogens with zero attached hydrogens (tertiary/aromatic N) is 1. The molecule has 0 fully saturated rings. The number of hydrogen-bond acceptors (Lipinski definition) is 5. The average Bonchev–Trinajstić information content (AvgIpc) is 2.84. The van der Waals surface area contributed by atoms with Crippen molar-refractivity contribution in [2.75, 3.05) is 11.1 Å². The van der Waals surface area contributed by atoms with Crippen LogP contribution in [0.1, 0.15) is 37.9 Å². The van der Waals surface area contributed by atoms with E-state index in [1.807, 2.05) is 55.5 Å². The molecule has 0 aliphatic heterocycles. The first kappa shape index (κ1) is 27.6. The second kappa shape index (κ2) is 11.8. The molecule has 2 N–H and O–H groups in total. The molecule has 7 nitrogen and oxygen atoms in total. The zero-order valence-corrected chi connectivity index (χ0v) is 22.2. The van der Waals surface area contributed by atoms with Crippen LogP contribution in [-0.4, -0.2) is 40.2 Å². The molecule has 3 aromatic carbocycles. The van der Waals surface area contributed by atoms with E-state index in [4.69, 9.17) is 11.2 Å². The molecule has 2 unspecified atom stereocenters. The fourth-order valence-electron chi connectivity index (χ4n) is 3.84. The second-order valence-corrected chi connectivity index (χ2v) is 9.89. The third kappa shape index (κ3) is 7.05. The van der Waals surface area contributed by atoms with Crippen molar-refractivity contribution >= 4 is 47.0 Å². The third-order valence-corrected chi connectivity index (χ3v) is 5.92. The molecule has 0 spiro atoms. The molecule has 3 amide bonds. The summed E-state index contributed by atoms with van der Waals surface area (Å²) in [5.74, 6) is -1.21. The van der Waals surface area contributed by atoms with E-state index < -0.39 is 35.6 Å². The number of terminal acetylenes is 1. The monoisotopic (exact) mass is 517 g/mol. The van der Waals surface area contributed by atoms with E-state index in [-0.39, 0.29) is 5.75 Å². The maximum absolute atomic E-state index is 13.7. The predicted molar refractivity (Wildman–Crippen MR) is 149 cm³/mol. The SMILES string of the molecule is C#CN(C(=O)C(CS)NC(=O)OC(C)(C)C)C(C(=O)Nc1ccc2ccccc2c1)c1ccccc1C. The summed E-state index contributed by atoms with van der Waals surface area (Å²) < 4.78 is 5.27. The molecule has 192 valence electrons. The highest BCUT2D eigenvalue weighted by molar-refractivity contribution is 7.80. The number of carbonyl (C=O) groups excluding carboxylic acids is 3. The lowest BCUT2D eigenvalue weighted by Crippen LogP contribution is -2.51. The molecule has 0 aliphatic rings. The van der Waals surface area contributed by atoms with Crippen LogP contribution in [0.15, 0.2) is 66.7 Å². The minimum absolute atomic E-state index is 0.0525. The number of fused-ring (bicyclic) bond motifs is 1. The van der Waals surface area contributed by atoms with Crippen LogP contribution in [0.5, 0.6) is 0 Å². The van der Waals surface area contributed by atoms with Crippen LogP contribution in [-0.2, 0) is 14.3 Å². The smallest absolute Gasteiger partial charge is 0.408 e. The standard InChI is InChI=1S/C29H31N3O4S/c1-6-32(27(34)24(18-37)31-28(35)36-29(3,4)5)25(23-14-10-7-11-19(23)2)26(33)30-22-16-15-20-12-8-9-13-21(20)17-22/h1,7-17,24-25,37H,18H2,2-5H3,(H,30,33)(H,31,35). The number of rotatable bonds is 7. The van der Waals surface area contributed by atoms with Crippen molar-refractivity contribution in [1.82, 2.24) is 10.2 Å². The van der Waals surface area contributed by atoms with Crippen molar-refractivity contribution in [3.05, 3.63) is 77.9 Å². The number of nitrogens with one attached hydrogen (secondary N) is 2. The van der Waals surface area contributed by atoms with Crippen LogP contribution >= 0.6 is 12.6 Å². The lowest BCUT2D eigenvalue weighted by Gasteiger charge is -2.30. The molecule has 0 heterocycles. The Bertz CT molecular complexity index is 1340. The van der Waals surface area contributed by atoms with Gasteiger partial charge in [0.25, 0.3) is 11.8 Å². The van der Waals surface area contributed by atoms with Gasteiger partial charge in [0, 0.05) is 17.5 Å². The van der Waals surface area contributed by atoms with Gasteiger partial charge in [-0.3, -0.25) is 14.5 Å². The van der Waals surface area contributed by atoms with Gasteiger partial charge in [0.1, 0.15) is 17.7 Å². The molecule has 0 aromatic heterocycles. The number of carbonyl (C=O) groups is 3. The highest BCUT2D eigenvalue weighted by Crippen LogP contribution is 2.27. The van der Waals surface area contributed by atoms with Crippen molar-refractivity contribution in [3.8, 4) is 12.5 Å². The Labute approximate surface area is 223 Å². The first-order chi connectivity index (χ1) is 17.5. The molecule has 3 aromatic rings. The highest BCUT2D eigenvalue weighted by Gasteiger charge is 2.36. The van der Waals surface area contributed by atoms with Crippen LogP contribution in [0.4, 0.5) is 10.5 Å². The quantitative estimate of drug-likeness (QED) is 0.232. The van der Waals surface area contributed by atoms with E-state index in [0.717, 1.165) is 21.2 Å². The summed E-state index contributed by atoms with van der Waals surface area (Å²) in [6.45, 7) is 6.97. The predicted octanol–water partition coefficient (Wildman–Crippen LogP) is 5.07. The average molecular weight is 518 g/mol. The topological polar surface area (TPSA) is 87.7 Å². The molecule has 0 saturated carbocycles. The first-order valence-electron chi connectivity index (χ1n) is 11.8. The van der Waals surface area contributed by atoms with Gasteiger partial charge in [-0.2, -0.15) is 12.6 Å². The number of benzene rings is 3. The summed E-state index contributed by atoms with van der Waals surface area (Å²) in [5, 5.41) is 7.39. The fourth-order valence-corrected chi connectivity index (χ4v) is 4.08. The van der Waals surface area contributed by atoms with Gasteiger partial charge >= 0.3 is 6.09 Å². The zero-order valence-electron chi connectivity index (χ0n) is 21.3. The van der Waals surface area contributed by atoms with Crippen molar-refractivity contribution in [2.45, 2.75) is 45.4 Å². The minimum atomic E-state index is -1.16. The molecule has 0 radical (unpaired) electrons. The molecule has 0 saturated heterocycles. The number of alkyl carbamates (subject to hydrolysis) is 1. The molecule has 37 heavy (non-hydrogen) atoms. The first-order valence-corrected chi connectivity index (χ1v) is 12.4. The Morgan fingerprint density at radius 3 is 2.30 bits per heavy atom. The lowest BCUT2D eigenvalue weighted by molar-refractivity contribution is -0.136. The van der Waals surface area contributed by atoms with Gasteiger partial charge in [-0.25, -0.2) is 4.79 Å². The van der Waals surface area contributed by atoms with Gasteiger partial charge < -0.3 is 15.4 Å². The van der Waals surface area contributed by atoms with Gasteiger partial charge in [-0.1, -0.05) is 61.0 Å². The number of ether oxygens (including phenoxy) is 1. The van der Waals surface area contributed by atoms with Crippen molar-refractivity contribution in [1.29, 1.82) is 0 Å². The molecule has 0 bridgehead atoms. The van der Waals surface area contributed by atoms with Crippen LogP contribution < -0.4 is 10.6 Å². The van der Waals surface area contributed by atoms with Crippen LogP contribution in [0.25, 0.3) is 10.8 Å². The van der Waals surface area contributed by atoms with Gasteiger partial charge in [0.2, 0.25) is 0 Å². The van der Waals surface area contributed by atoms with E-state index in [1.165, 1.54) is 0 Å². The van der Waals surface area contributed by atoms with E-state index in [0.29, 0.717) is 11.3 Å².